The monoisotopic (exact) mass is 351 g/mol. The summed E-state index contributed by atoms with van der Waals surface area (Å²) >= 11 is 11.7. The molecule has 2 aromatic carbocycles. The highest BCUT2D eigenvalue weighted by atomic mass is 35.5. The summed E-state index contributed by atoms with van der Waals surface area (Å²) < 4.78 is 0. The Hall–Kier alpha value is -2.24. The molecule has 0 bridgehead atoms. The number of anilines is 2. The molecule has 120 valence electrons. The van der Waals surface area contributed by atoms with Gasteiger partial charge in [0.05, 0.1) is 16.3 Å². The second-order valence-corrected chi connectivity index (χ2v) is 5.67. The van der Waals surface area contributed by atoms with Gasteiger partial charge in [-0.2, -0.15) is 0 Å². The van der Waals surface area contributed by atoms with E-state index in [1.165, 1.54) is 12.3 Å². The van der Waals surface area contributed by atoms with Gasteiger partial charge in [0.25, 0.3) is 0 Å². The highest BCUT2D eigenvalue weighted by Crippen LogP contribution is 2.25. The molecule has 0 saturated carbocycles. The first-order chi connectivity index (χ1) is 11.0. The van der Waals surface area contributed by atoms with E-state index in [9.17, 15) is 4.79 Å². The molecule has 0 saturated heterocycles. The smallest absolute Gasteiger partial charge is 0.378 e. The van der Waals surface area contributed by atoms with Gasteiger partial charge in [0.1, 0.15) is 0 Å². The van der Waals surface area contributed by atoms with E-state index in [1.807, 2.05) is 43.3 Å². The topological polar surface area (TPSA) is 53.9 Å². The second kappa shape index (κ2) is 7.85. The van der Waals surface area contributed by atoms with E-state index in [2.05, 4.69) is 10.5 Å². The number of rotatable bonds is 4. The van der Waals surface area contributed by atoms with Crippen molar-refractivity contribution in [1.82, 2.24) is 0 Å². The number of halogens is 2. The molecule has 23 heavy (non-hydrogen) atoms. The summed E-state index contributed by atoms with van der Waals surface area (Å²) in [5, 5.41) is 6.89. The zero-order chi connectivity index (χ0) is 16.8. The highest BCUT2D eigenvalue weighted by molar-refractivity contribution is 6.42. The first-order valence-electron chi connectivity index (χ1n) is 6.69. The van der Waals surface area contributed by atoms with Crippen molar-refractivity contribution in [1.29, 1.82) is 0 Å². The summed E-state index contributed by atoms with van der Waals surface area (Å²) in [7, 11) is 3.92. The van der Waals surface area contributed by atoms with Gasteiger partial charge in [-0.15, -0.1) is 0 Å². The Balaban J connectivity index is 1.89. The molecule has 2 rings (SSSR count). The van der Waals surface area contributed by atoms with Crippen molar-refractivity contribution in [2.75, 3.05) is 24.3 Å². The van der Waals surface area contributed by atoms with Crippen LogP contribution in [0.4, 0.5) is 16.2 Å². The van der Waals surface area contributed by atoms with Crippen LogP contribution in [0.2, 0.25) is 10.0 Å². The van der Waals surface area contributed by atoms with Gasteiger partial charge in [-0.25, -0.2) is 4.79 Å². The molecule has 0 aromatic heterocycles. The molecule has 0 atom stereocenters. The normalized spacial score (nSPS) is 10.6. The Morgan fingerprint density at radius 3 is 2.43 bits per heavy atom. The Kier molecular flexibility index (Phi) is 5.84. The van der Waals surface area contributed by atoms with Gasteiger partial charge < -0.3 is 4.90 Å². The molecule has 7 heteroatoms. The summed E-state index contributed by atoms with van der Waals surface area (Å²) in [5.41, 5.74) is 2.35. The lowest BCUT2D eigenvalue weighted by Gasteiger charge is -2.11. The van der Waals surface area contributed by atoms with Crippen molar-refractivity contribution in [2.24, 2.45) is 5.16 Å². The first-order valence-corrected chi connectivity index (χ1v) is 7.45. The van der Waals surface area contributed by atoms with E-state index in [-0.39, 0.29) is 0 Å². The van der Waals surface area contributed by atoms with E-state index >= 15 is 0 Å². The third-order valence-electron chi connectivity index (χ3n) is 2.91. The molecule has 0 aliphatic carbocycles. The van der Waals surface area contributed by atoms with Crippen LogP contribution >= 0.6 is 23.2 Å². The fourth-order valence-electron chi connectivity index (χ4n) is 1.71. The summed E-state index contributed by atoms with van der Waals surface area (Å²) in [6, 6.07) is 12.3. The Labute approximate surface area is 144 Å². The number of carbonyl (C=O) groups excluding carboxylic acids is 1. The predicted octanol–water partition coefficient (Wildman–Crippen LogP) is 4.64. The summed E-state index contributed by atoms with van der Waals surface area (Å²) in [6.07, 6.45) is 0.734. The molecule has 5 nitrogen and oxygen atoms in total. The molecule has 1 N–H and O–H groups in total. The van der Waals surface area contributed by atoms with Crippen LogP contribution in [0.15, 0.2) is 47.6 Å². The standard InChI is InChI=1S/C16H15Cl2N3O2/c1-21(2)13-6-3-11(4-7-13)10-19-23-16(22)20-12-5-8-14(17)15(18)9-12/h3-10H,1-2H3,(H,20,22)/b19-10+. The number of hydrogen-bond donors (Lipinski definition) is 1. The number of nitrogens with one attached hydrogen (secondary N) is 1. The van der Waals surface area contributed by atoms with Crippen LogP contribution in [0, 0.1) is 0 Å². The van der Waals surface area contributed by atoms with E-state index in [0.29, 0.717) is 15.7 Å². The fourth-order valence-corrected chi connectivity index (χ4v) is 2.01. The van der Waals surface area contributed by atoms with Gasteiger partial charge in [0.2, 0.25) is 0 Å². The zero-order valence-electron chi connectivity index (χ0n) is 12.6. The number of hydrogen-bond acceptors (Lipinski definition) is 4. The Morgan fingerprint density at radius 1 is 1.13 bits per heavy atom. The SMILES string of the molecule is CN(C)c1ccc(/C=N/OC(=O)Nc2ccc(Cl)c(Cl)c2)cc1. The molecule has 0 aliphatic rings. The second-order valence-electron chi connectivity index (χ2n) is 4.85. The molecule has 0 aliphatic heterocycles. The van der Waals surface area contributed by atoms with Crippen molar-refractivity contribution < 1.29 is 9.63 Å². The van der Waals surface area contributed by atoms with Gasteiger partial charge >= 0.3 is 6.09 Å². The average molecular weight is 352 g/mol. The van der Waals surface area contributed by atoms with Crippen molar-refractivity contribution in [3.05, 3.63) is 58.1 Å². The minimum atomic E-state index is -0.718. The number of nitrogens with zero attached hydrogens (tertiary/aromatic N) is 2. The van der Waals surface area contributed by atoms with Crippen molar-refractivity contribution in [3.63, 3.8) is 0 Å². The van der Waals surface area contributed by atoms with E-state index in [0.717, 1.165) is 11.3 Å². The molecule has 0 unspecified atom stereocenters. The van der Waals surface area contributed by atoms with Gasteiger partial charge in [-0.1, -0.05) is 40.5 Å². The van der Waals surface area contributed by atoms with Gasteiger partial charge in [0, 0.05) is 25.5 Å². The summed E-state index contributed by atoms with van der Waals surface area (Å²) in [6.45, 7) is 0. The summed E-state index contributed by atoms with van der Waals surface area (Å²) in [5.74, 6) is 0. The molecule has 2 aromatic rings. The first kappa shape index (κ1) is 17.1. The molecule has 0 radical (unpaired) electrons. The minimum Gasteiger partial charge on any atom is -0.378 e. The maximum Gasteiger partial charge on any atom is 0.437 e. The van der Waals surface area contributed by atoms with Crippen molar-refractivity contribution in [3.8, 4) is 0 Å². The maximum atomic E-state index is 11.6. The Bertz CT molecular complexity index is 716. The van der Waals surface area contributed by atoms with Crippen LogP contribution in [0.3, 0.4) is 0 Å². The third-order valence-corrected chi connectivity index (χ3v) is 3.65. The van der Waals surface area contributed by atoms with Crippen LogP contribution in [0.1, 0.15) is 5.56 Å². The number of oxime groups is 1. The van der Waals surface area contributed by atoms with E-state index < -0.39 is 6.09 Å². The number of carbonyl (C=O) groups is 1. The molecule has 1 amide bonds. The van der Waals surface area contributed by atoms with E-state index in [4.69, 9.17) is 28.0 Å². The lowest BCUT2D eigenvalue weighted by Crippen LogP contribution is -2.10. The number of amides is 1. The maximum absolute atomic E-state index is 11.6. The minimum absolute atomic E-state index is 0.342. The van der Waals surface area contributed by atoms with Gasteiger partial charge in [0.15, 0.2) is 0 Å². The molecular weight excluding hydrogens is 337 g/mol. The molecule has 0 spiro atoms. The lowest BCUT2D eigenvalue weighted by atomic mass is 10.2. The van der Waals surface area contributed by atoms with Crippen molar-refractivity contribution >= 4 is 46.9 Å². The summed E-state index contributed by atoms with van der Waals surface area (Å²) in [4.78, 5) is 18.3. The number of benzene rings is 2. The van der Waals surface area contributed by atoms with Crippen LogP contribution in [0.5, 0.6) is 0 Å². The van der Waals surface area contributed by atoms with Crippen LogP contribution in [-0.2, 0) is 4.84 Å². The quantitative estimate of drug-likeness (QED) is 0.495. The van der Waals surface area contributed by atoms with Gasteiger partial charge in [-0.3, -0.25) is 10.2 Å². The van der Waals surface area contributed by atoms with Gasteiger partial charge in [-0.05, 0) is 35.9 Å². The molecule has 0 heterocycles. The largest absolute Gasteiger partial charge is 0.437 e. The molecule has 0 fully saturated rings. The Morgan fingerprint density at radius 2 is 1.83 bits per heavy atom. The zero-order valence-corrected chi connectivity index (χ0v) is 14.1. The fraction of sp³-hybridized carbons (Fsp3) is 0.125. The molecular formula is C16H15Cl2N3O2. The predicted molar refractivity (Wildman–Crippen MR) is 94.9 cm³/mol. The lowest BCUT2D eigenvalue weighted by molar-refractivity contribution is 0.167. The third kappa shape index (κ3) is 5.16. The van der Waals surface area contributed by atoms with Crippen LogP contribution in [-0.4, -0.2) is 26.4 Å². The van der Waals surface area contributed by atoms with Crippen LogP contribution in [0.25, 0.3) is 0 Å². The highest BCUT2D eigenvalue weighted by Gasteiger charge is 2.05. The van der Waals surface area contributed by atoms with Crippen LogP contribution < -0.4 is 10.2 Å². The van der Waals surface area contributed by atoms with E-state index in [1.54, 1.807) is 12.1 Å². The average Bonchev–Trinajstić information content (AvgIpc) is 2.51. The van der Waals surface area contributed by atoms with Crippen molar-refractivity contribution in [2.45, 2.75) is 0 Å².